The molecule has 1 heterocycles. The maximum absolute atomic E-state index is 12.1. The lowest BCUT2D eigenvalue weighted by Crippen LogP contribution is -1.92. The second-order valence-electron chi connectivity index (χ2n) is 4.63. The number of benzene rings is 2. The third-order valence-electron chi connectivity index (χ3n) is 3.30. The van der Waals surface area contributed by atoms with Crippen molar-refractivity contribution in [1.29, 1.82) is 0 Å². The molecule has 0 amide bonds. The number of methoxy groups -OCH3 is 1. The zero-order chi connectivity index (χ0) is 15.5. The molecule has 0 aromatic heterocycles. The minimum absolute atomic E-state index is 0.00839. The van der Waals surface area contributed by atoms with Crippen LogP contribution in [0.1, 0.15) is 12.5 Å². The van der Waals surface area contributed by atoms with Crippen LogP contribution >= 0.6 is 23.5 Å². The Kier molecular flexibility index (Phi) is 4.55. The van der Waals surface area contributed by atoms with Gasteiger partial charge in [0.1, 0.15) is 15.8 Å². The third kappa shape index (κ3) is 2.91. The highest BCUT2D eigenvalue weighted by Gasteiger charge is 2.22. The predicted molar refractivity (Wildman–Crippen MR) is 96.6 cm³/mol. The van der Waals surface area contributed by atoms with Crippen LogP contribution in [0.5, 0.6) is 5.75 Å². The molecule has 0 atom stereocenters. The van der Waals surface area contributed by atoms with Gasteiger partial charge in [0.05, 0.1) is 7.11 Å². The minimum Gasteiger partial charge on any atom is -0.496 e. The number of hydrogen-bond donors (Lipinski definition) is 0. The molecule has 2 aromatic rings. The van der Waals surface area contributed by atoms with Gasteiger partial charge in [-0.25, -0.2) is 4.99 Å². The summed E-state index contributed by atoms with van der Waals surface area (Å²) in [5.41, 5.74) is 1.38. The first-order valence-corrected chi connectivity index (χ1v) is 8.74. The van der Waals surface area contributed by atoms with Gasteiger partial charge in [0.2, 0.25) is 5.12 Å². The first kappa shape index (κ1) is 15.2. The van der Waals surface area contributed by atoms with Gasteiger partial charge in [-0.3, -0.25) is 4.79 Å². The minimum atomic E-state index is -0.00839. The molecule has 0 radical (unpaired) electrons. The van der Waals surface area contributed by atoms with Crippen molar-refractivity contribution in [3.63, 3.8) is 0 Å². The monoisotopic (exact) mass is 329 g/mol. The number of rotatable bonds is 3. The van der Waals surface area contributed by atoms with E-state index in [0.29, 0.717) is 5.70 Å². The molecule has 0 spiro atoms. The zero-order valence-electron chi connectivity index (χ0n) is 12.3. The smallest absolute Gasteiger partial charge is 0.244 e. The van der Waals surface area contributed by atoms with E-state index in [2.05, 4.69) is 4.99 Å². The summed E-state index contributed by atoms with van der Waals surface area (Å²) in [6, 6.07) is 12.0. The first-order chi connectivity index (χ1) is 10.7. The Morgan fingerprint density at radius 3 is 2.86 bits per heavy atom. The van der Waals surface area contributed by atoms with E-state index in [0.717, 1.165) is 32.2 Å². The number of thioether (sulfide) groups is 2. The van der Waals surface area contributed by atoms with Crippen LogP contribution in [0.25, 0.3) is 16.8 Å². The van der Waals surface area contributed by atoms with Gasteiger partial charge in [0.25, 0.3) is 0 Å². The quantitative estimate of drug-likeness (QED) is 0.773. The van der Waals surface area contributed by atoms with Crippen LogP contribution in [0.3, 0.4) is 0 Å². The molecule has 22 heavy (non-hydrogen) atoms. The van der Waals surface area contributed by atoms with E-state index in [9.17, 15) is 4.79 Å². The number of hydrogen-bond acceptors (Lipinski definition) is 5. The van der Waals surface area contributed by atoms with Gasteiger partial charge in [-0.1, -0.05) is 49.0 Å². The summed E-state index contributed by atoms with van der Waals surface area (Å²) in [5, 5.41) is 2.16. The van der Waals surface area contributed by atoms with Crippen LogP contribution in [0.15, 0.2) is 47.1 Å². The van der Waals surface area contributed by atoms with Gasteiger partial charge < -0.3 is 4.74 Å². The molecule has 0 bridgehead atoms. The number of aliphatic imine (C=N–C) groups is 1. The highest BCUT2D eigenvalue weighted by Crippen LogP contribution is 2.35. The lowest BCUT2D eigenvalue weighted by atomic mass is 10.0. The highest BCUT2D eigenvalue weighted by molar-refractivity contribution is 8.45. The molecule has 0 unspecified atom stereocenters. The number of nitrogens with zero attached hydrogens (tertiary/aromatic N) is 1. The van der Waals surface area contributed by atoms with E-state index in [-0.39, 0.29) is 5.12 Å². The van der Waals surface area contributed by atoms with Crippen molar-refractivity contribution in [2.24, 2.45) is 4.99 Å². The van der Waals surface area contributed by atoms with Gasteiger partial charge in [-0.15, -0.1) is 0 Å². The van der Waals surface area contributed by atoms with E-state index >= 15 is 0 Å². The zero-order valence-corrected chi connectivity index (χ0v) is 14.0. The molecule has 0 saturated carbocycles. The maximum Gasteiger partial charge on any atom is 0.244 e. The van der Waals surface area contributed by atoms with Crippen LogP contribution in [-0.4, -0.2) is 22.4 Å². The molecule has 0 saturated heterocycles. The normalized spacial score (nSPS) is 16.4. The number of carbonyl (C=O) groups excluding carboxylic acids is 1. The first-order valence-electron chi connectivity index (χ1n) is 6.94. The molecule has 2 aromatic carbocycles. The molecular weight excluding hydrogens is 314 g/mol. The largest absolute Gasteiger partial charge is 0.496 e. The molecule has 0 N–H and O–H groups in total. The average molecular weight is 329 g/mol. The lowest BCUT2D eigenvalue weighted by molar-refractivity contribution is -0.107. The molecule has 1 aliphatic rings. The fourth-order valence-electron chi connectivity index (χ4n) is 2.31. The Morgan fingerprint density at radius 2 is 2.09 bits per heavy atom. The van der Waals surface area contributed by atoms with Crippen molar-refractivity contribution in [1.82, 2.24) is 0 Å². The van der Waals surface area contributed by atoms with Crippen molar-refractivity contribution in [3.8, 4) is 5.75 Å². The van der Waals surface area contributed by atoms with Crippen molar-refractivity contribution in [3.05, 3.63) is 47.7 Å². The van der Waals surface area contributed by atoms with Crippen LogP contribution in [0.2, 0.25) is 0 Å². The Labute approximate surface area is 137 Å². The van der Waals surface area contributed by atoms with E-state index in [4.69, 9.17) is 4.74 Å². The molecule has 3 rings (SSSR count). The molecule has 0 fully saturated rings. The van der Waals surface area contributed by atoms with Gasteiger partial charge in [-0.05, 0) is 40.4 Å². The maximum atomic E-state index is 12.1. The molecule has 5 heteroatoms. The molecule has 3 nitrogen and oxygen atoms in total. The van der Waals surface area contributed by atoms with E-state index in [1.54, 1.807) is 18.9 Å². The Bertz CT molecular complexity index is 796. The standard InChI is InChI=1S/C17H15NO2S2/c1-3-21-17-18-14(16(19)22-17)10-13-12-7-5-4-6-11(12)8-9-15(13)20-2/h4-10H,3H2,1-2H3. The van der Waals surface area contributed by atoms with Crippen molar-refractivity contribution in [2.45, 2.75) is 6.92 Å². The Balaban J connectivity index is 2.13. The highest BCUT2D eigenvalue weighted by atomic mass is 32.2. The summed E-state index contributed by atoms with van der Waals surface area (Å²) < 4.78 is 6.27. The van der Waals surface area contributed by atoms with Crippen LogP contribution in [-0.2, 0) is 4.79 Å². The predicted octanol–water partition coefficient (Wildman–Crippen LogP) is 4.57. The third-order valence-corrected chi connectivity index (χ3v) is 5.19. The van der Waals surface area contributed by atoms with Crippen LogP contribution in [0.4, 0.5) is 0 Å². The Morgan fingerprint density at radius 1 is 1.27 bits per heavy atom. The van der Waals surface area contributed by atoms with Crippen molar-refractivity contribution in [2.75, 3.05) is 12.9 Å². The molecule has 1 aliphatic heterocycles. The molecule has 0 aliphatic carbocycles. The van der Waals surface area contributed by atoms with Gasteiger partial charge in [0.15, 0.2) is 0 Å². The van der Waals surface area contributed by atoms with Crippen LogP contribution in [0, 0.1) is 0 Å². The number of ether oxygens (including phenoxy) is 1. The molecular formula is C17H15NO2S2. The van der Waals surface area contributed by atoms with Crippen molar-refractivity contribution < 1.29 is 9.53 Å². The van der Waals surface area contributed by atoms with Gasteiger partial charge in [0, 0.05) is 5.56 Å². The lowest BCUT2D eigenvalue weighted by Gasteiger charge is -2.09. The summed E-state index contributed by atoms with van der Waals surface area (Å²) in [5.74, 6) is 1.65. The fourth-order valence-corrected chi connectivity index (χ4v) is 4.05. The second-order valence-corrected chi connectivity index (χ2v) is 7.11. The van der Waals surface area contributed by atoms with E-state index < -0.39 is 0 Å². The number of fused-ring (bicyclic) bond motifs is 1. The van der Waals surface area contributed by atoms with E-state index in [1.165, 1.54) is 11.8 Å². The average Bonchev–Trinajstić information content (AvgIpc) is 2.88. The summed E-state index contributed by atoms with van der Waals surface area (Å²) in [4.78, 5) is 16.6. The summed E-state index contributed by atoms with van der Waals surface area (Å²) in [6.45, 7) is 2.05. The summed E-state index contributed by atoms with van der Waals surface area (Å²) >= 11 is 2.79. The number of carbonyl (C=O) groups is 1. The van der Waals surface area contributed by atoms with E-state index in [1.807, 2.05) is 49.4 Å². The SMILES string of the molecule is CCSC1=NC(=Cc2c(OC)ccc3ccccc23)C(=O)S1. The van der Waals surface area contributed by atoms with Gasteiger partial charge in [-0.2, -0.15) is 0 Å². The Hall–Kier alpha value is -1.72. The summed E-state index contributed by atoms with van der Waals surface area (Å²) in [7, 11) is 1.64. The fraction of sp³-hybridized carbons (Fsp3) is 0.176. The second kappa shape index (κ2) is 6.58. The van der Waals surface area contributed by atoms with Crippen molar-refractivity contribution >= 4 is 49.9 Å². The summed E-state index contributed by atoms with van der Waals surface area (Å²) in [6.07, 6.45) is 1.83. The molecule has 112 valence electrons. The topological polar surface area (TPSA) is 38.7 Å². The van der Waals surface area contributed by atoms with Crippen LogP contribution < -0.4 is 4.74 Å². The van der Waals surface area contributed by atoms with Gasteiger partial charge >= 0.3 is 0 Å².